The second-order valence-corrected chi connectivity index (χ2v) is 8.00. The Hall–Kier alpha value is -3.90. The predicted molar refractivity (Wildman–Crippen MR) is 107 cm³/mol. The topological polar surface area (TPSA) is 109 Å². The number of benzene rings is 1. The summed E-state index contributed by atoms with van der Waals surface area (Å²) in [5.74, 6) is -4.43. The SMILES string of the molecule is CC1Cn2ncc(N3CC(c4nnco4)CC3=O)c2CN1C(=O)Nc1cc(F)c(F)c(F)c1. The van der Waals surface area contributed by atoms with Gasteiger partial charge in [-0.1, -0.05) is 0 Å². The van der Waals surface area contributed by atoms with Crippen LogP contribution in [-0.4, -0.2) is 49.4 Å². The zero-order chi connectivity index (χ0) is 23.3. The van der Waals surface area contributed by atoms with E-state index in [1.165, 1.54) is 11.3 Å². The highest BCUT2D eigenvalue weighted by atomic mass is 19.2. The van der Waals surface area contributed by atoms with Crippen LogP contribution in [0.2, 0.25) is 0 Å². The van der Waals surface area contributed by atoms with E-state index >= 15 is 0 Å². The molecule has 1 N–H and O–H groups in total. The lowest BCUT2D eigenvalue weighted by Crippen LogP contribution is -2.47. The van der Waals surface area contributed by atoms with Crippen molar-refractivity contribution in [3.63, 3.8) is 0 Å². The molecule has 1 saturated heterocycles. The summed E-state index contributed by atoms with van der Waals surface area (Å²) in [6, 6.07) is 0.492. The number of aromatic nitrogens is 4. The lowest BCUT2D eigenvalue weighted by atomic mass is 10.1. The summed E-state index contributed by atoms with van der Waals surface area (Å²) >= 11 is 0. The molecule has 2 aliphatic rings. The van der Waals surface area contributed by atoms with Crippen LogP contribution in [0.5, 0.6) is 0 Å². The number of carbonyl (C=O) groups is 2. The Morgan fingerprint density at radius 2 is 1.97 bits per heavy atom. The number of urea groups is 1. The van der Waals surface area contributed by atoms with Gasteiger partial charge in [0.25, 0.3) is 0 Å². The third-order valence-corrected chi connectivity index (χ3v) is 5.85. The number of anilines is 2. The van der Waals surface area contributed by atoms with Crippen molar-refractivity contribution in [2.75, 3.05) is 16.8 Å². The minimum absolute atomic E-state index is 0.101. The Kier molecular flexibility index (Phi) is 5.02. The Labute approximate surface area is 185 Å². The number of hydrogen-bond donors (Lipinski definition) is 1. The molecule has 3 aromatic rings. The monoisotopic (exact) mass is 461 g/mol. The van der Waals surface area contributed by atoms with Crippen LogP contribution in [0.3, 0.4) is 0 Å². The van der Waals surface area contributed by atoms with Gasteiger partial charge in [-0.3, -0.25) is 9.48 Å². The van der Waals surface area contributed by atoms with Gasteiger partial charge in [-0.25, -0.2) is 18.0 Å². The van der Waals surface area contributed by atoms with E-state index in [9.17, 15) is 22.8 Å². The highest BCUT2D eigenvalue weighted by molar-refractivity contribution is 5.97. The zero-order valence-electron chi connectivity index (χ0n) is 17.3. The van der Waals surface area contributed by atoms with Crippen molar-refractivity contribution in [2.45, 2.75) is 38.4 Å². The van der Waals surface area contributed by atoms with Crippen LogP contribution in [0.4, 0.5) is 29.3 Å². The van der Waals surface area contributed by atoms with Crippen molar-refractivity contribution in [2.24, 2.45) is 0 Å². The molecule has 0 bridgehead atoms. The summed E-state index contributed by atoms with van der Waals surface area (Å²) in [6.07, 6.45) is 2.98. The maximum Gasteiger partial charge on any atom is 0.322 e. The molecule has 172 valence electrons. The number of carbonyl (C=O) groups excluding carboxylic acids is 2. The van der Waals surface area contributed by atoms with Crippen molar-refractivity contribution < 1.29 is 27.2 Å². The number of halogens is 3. The quantitative estimate of drug-likeness (QED) is 0.601. The summed E-state index contributed by atoms with van der Waals surface area (Å²) in [4.78, 5) is 28.6. The van der Waals surface area contributed by atoms with Gasteiger partial charge in [0.15, 0.2) is 17.5 Å². The van der Waals surface area contributed by atoms with Crippen molar-refractivity contribution in [3.8, 4) is 0 Å². The van der Waals surface area contributed by atoms with Gasteiger partial charge in [-0.2, -0.15) is 5.10 Å². The molecule has 33 heavy (non-hydrogen) atoms. The Bertz CT molecular complexity index is 1210. The van der Waals surface area contributed by atoms with Crippen LogP contribution < -0.4 is 10.2 Å². The molecular weight excluding hydrogens is 443 g/mol. The van der Waals surface area contributed by atoms with Crippen LogP contribution in [0, 0.1) is 17.5 Å². The molecule has 3 amide bonds. The number of fused-ring (bicyclic) bond motifs is 1. The van der Waals surface area contributed by atoms with E-state index in [1.807, 2.05) is 0 Å². The maximum atomic E-state index is 13.5. The van der Waals surface area contributed by atoms with E-state index in [-0.39, 0.29) is 36.5 Å². The van der Waals surface area contributed by atoms with E-state index in [4.69, 9.17) is 4.42 Å². The second kappa shape index (κ2) is 7.90. The van der Waals surface area contributed by atoms with Gasteiger partial charge in [0.1, 0.15) is 0 Å². The van der Waals surface area contributed by atoms with Gasteiger partial charge >= 0.3 is 6.03 Å². The van der Waals surface area contributed by atoms with E-state index in [0.717, 1.165) is 0 Å². The number of rotatable bonds is 3. The summed E-state index contributed by atoms with van der Waals surface area (Å²) in [5, 5.41) is 14.3. The lowest BCUT2D eigenvalue weighted by molar-refractivity contribution is -0.117. The van der Waals surface area contributed by atoms with Crippen LogP contribution in [0.25, 0.3) is 0 Å². The molecule has 0 aliphatic carbocycles. The van der Waals surface area contributed by atoms with E-state index < -0.39 is 23.5 Å². The molecular formula is C20H18F3N7O3. The first-order valence-corrected chi connectivity index (χ1v) is 10.1. The van der Waals surface area contributed by atoms with Crippen LogP contribution in [-0.2, 0) is 17.9 Å². The summed E-state index contributed by atoms with van der Waals surface area (Å²) < 4.78 is 47.2. The van der Waals surface area contributed by atoms with E-state index in [0.29, 0.717) is 42.5 Å². The first kappa shape index (κ1) is 21.0. The molecule has 2 unspecified atom stereocenters. The smallest absolute Gasteiger partial charge is 0.322 e. The van der Waals surface area contributed by atoms with Gasteiger partial charge in [0, 0.05) is 30.8 Å². The van der Waals surface area contributed by atoms with Crippen molar-refractivity contribution in [1.82, 2.24) is 24.9 Å². The Morgan fingerprint density at radius 1 is 1.21 bits per heavy atom. The number of hydrogen-bond acceptors (Lipinski definition) is 6. The second-order valence-electron chi connectivity index (χ2n) is 8.00. The molecule has 13 heteroatoms. The fourth-order valence-electron chi connectivity index (χ4n) is 4.17. The molecule has 0 spiro atoms. The van der Waals surface area contributed by atoms with Crippen molar-refractivity contribution in [3.05, 3.63) is 53.8 Å². The van der Waals surface area contributed by atoms with E-state index in [1.54, 1.807) is 22.7 Å². The zero-order valence-corrected chi connectivity index (χ0v) is 17.3. The van der Waals surface area contributed by atoms with Gasteiger partial charge < -0.3 is 19.5 Å². The molecule has 2 atom stereocenters. The molecule has 0 radical (unpaired) electrons. The fraction of sp³-hybridized carbons (Fsp3) is 0.350. The third-order valence-electron chi connectivity index (χ3n) is 5.85. The molecule has 2 aromatic heterocycles. The van der Waals surface area contributed by atoms with Crippen LogP contribution >= 0.6 is 0 Å². The normalized spacial score (nSPS) is 20.3. The van der Waals surface area contributed by atoms with Gasteiger partial charge in [-0.05, 0) is 6.92 Å². The molecule has 5 rings (SSSR count). The first-order chi connectivity index (χ1) is 15.8. The Balaban J connectivity index is 1.36. The molecule has 1 fully saturated rings. The van der Waals surface area contributed by atoms with Gasteiger partial charge in [-0.15, -0.1) is 10.2 Å². The summed E-state index contributed by atoms with van der Waals surface area (Å²) in [5.41, 5.74) is 0.991. The van der Waals surface area contributed by atoms with Crippen molar-refractivity contribution >= 4 is 23.3 Å². The molecule has 0 saturated carbocycles. The first-order valence-electron chi connectivity index (χ1n) is 10.1. The van der Waals surface area contributed by atoms with Gasteiger partial charge in [0.2, 0.25) is 18.2 Å². The maximum absolute atomic E-state index is 13.5. The third kappa shape index (κ3) is 3.68. The minimum atomic E-state index is -1.61. The average Bonchev–Trinajstić information content (AvgIpc) is 3.50. The molecule has 1 aromatic carbocycles. The largest absolute Gasteiger partial charge is 0.428 e. The fourth-order valence-corrected chi connectivity index (χ4v) is 4.17. The van der Waals surface area contributed by atoms with E-state index in [2.05, 4.69) is 20.6 Å². The Morgan fingerprint density at radius 3 is 2.67 bits per heavy atom. The highest BCUT2D eigenvalue weighted by Crippen LogP contribution is 2.34. The predicted octanol–water partition coefficient (Wildman–Crippen LogP) is 2.64. The average molecular weight is 461 g/mol. The minimum Gasteiger partial charge on any atom is -0.428 e. The number of nitrogens with zero attached hydrogens (tertiary/aromatic N) is 6. The molecule has 10 nitrogen and oxygen atoms in total. The lowest BCUT2D eigenvalue weighted by Gasteiger charge is -2.35. The summed E-state index contributed by atoms with van der Waals surface area (Å²) in [7, 11) is 0. The summed E-state index contributed by atoms with van der Waals surface area (Å²) in [6.45, 7) is 2.57. The van der Waals surface area contributed by atoms with Crippen molar-refractivity contribution in [1.29, 1.82) is 0 Å². The van der Waals surface area contributed by atoms with Gasteiger partial charge in [0.05, 0.1) is 42.6 Å². The molecule has 2 aliphatic heterocycles. The number of amides is 3. The standard InChI is InChI=1S/C20H18F3N7O3/c1-10-6-30-16(8-28(10)20(32)26-12-3-13(21)18(23)14(22)4-12)15(5-25-30)29-7-11(2-17(29)31)19-27-24-9-33-19/h3-5,9-11H,2,6-8H2,1H3,(H,26,32). The van der Waals surface area contributed by atoms with Crippen LogP contribution in [0.1, 0.15) is 30.8 Å². The highest BCUT2D eigenvalue weighted by Gasteiger charge is 2.38. The number of nitrogens with one attached hydrogen (secondary N) is 1. The molecule has 4 heterocycles. The van der Waals surface area contributed by atoms with Crippen LogP contribution in [0.15, 0.2) is 29.1 Å².